The Morgan fingerprint density at radius 1 is 1.43 bits per heavy atom. The Morgan fingerprint density at radius 3 is 2.76 bits per heavy atom. The lowest BCUT2D eigenvalue weighted by atomic mass is 10.0. The van der Waals surface area contributed by atoms with Gasteiger partial charge in [-0.3, -0.25) is 4.79 Å². The summed E-state index contributed by atoms with van der Waals surface area (Å²) in [6.07, 6.45) is 5.67. The first-order chi connectivity index (χ1) is 10.1. The smallest absolute Gasteiger partial charge is 0.226 e. The van der Waals surface area contributed by atoms with Crippen molar-refractivity contribution < 1.29 is 13.9 Å². The van der Waals surface area contributed by atoms with Gasteiger partial charge in [-0.15, -0.1) is 0 Å². The van der Waals surface area contributed by atoms with Crippen LogP contribution < -0.4 is 0 Å². The molecule has 1 aromatic rings. The van der Waals surface area contributed by atoms with Crippen molar-refractivity contribution in [1.82, 2.24) is 4.90 Å². The highest BCUT2D eigenvalue weighted by atomic mass is 19.1. The molecule has 0 saturated heterocycles. The second kappa shape index (κ2) is 7.36. The molecule has 4 heteroatoms. The molecule has 0 N–H and O–H groups in total. The van der Waals surface area contributed by atoms with E-state index in [9.17, 15) is 9.18 Å². The molecule has 2 rings (SSSR count). The van der Waals surface area contributed by atoms with Crippen molar-refractivity contribution >= 4 is 5.91 Å². The van der Waals surface area contributed by atoms with E-state index >= 15 is 0 Å². The third kappa shape index (κ3) is 4.14. The standard InChI is InChI=1S/C17H22FNO2/c1-13(12-21-2)19(17(20)15-7-3-4-8-15)11-14-6-5-9-16(18)10-14/h3-6,9-10,13,15H,7-8,11-12H2,1-2H3. The van der Waals surface area contributed by atoms with Gasteiger partial charge in [0.15, 0.2) is 0 Å². The molecule has 0 fully saturated rings. The Kier molecular flexibility index (Phi) is 5.51. The summed E-state index contributed by atoms with van der Waals surface area (Å²) < 4.78 is 18.5. The van der Waals surface area contributed by atoms with Crippen molar-refractivity contribution in [2.45, 2.75) is 32.4 Å². The maximum Gasteiger partial charge on any atom is 0.226 e. The molecule has 0 aromatic heterocycles. The zero-order valence-electron chi connectivity index (χ0n) is 12.6. The average molecular weight is 291 g/mol. The van der Waals surface area contributed by atoms with Crippen molar-refractivity contribution in [2.75, 3.05) is 13.7 Å². The summed E-state index contributed by atoms with van der Waals surface area (Å²) in [7, 11) is 1.62. The number of benzene rings is 1. The molecule has 1 unspecified atom stereocenters. The maximum atomic E-state index is 13.3. The molecule has 0 aliphatic heterocycles. The fraction of sp³-hybridized carbons (Fsp3) is 0.471. The van der Waals surface area contributed by atoms with Crippen LogP contribution in [-0.2, 0) is 16.1 Å². The second-order valence-electron chi connectivity index (χ2n) is 5.54. The summed E-state index contributed by atoms with van der Waals surface area (Å²) in [4.78, 5) is 14.5. The van der Waals surface area contributed by atoms with Gasteiger partial charge in [0.1, 0.15) is 5.82 Å². The Bertz CT molecular complexity index is 507. The van der Waals surface area contributed by atoms with Crippen LogP contribution >= 0.6 is 0 Å². The molecule has 0 heterocycles. The van der Waals surface area contributed by atoms with Crippen molar-refractivity contribution in [3.63, 3.8) is 0 Å². The normalized spacial score (nSPS) is 16.1. The first-order valence-corrected chi connectivity index (χ1v) is 7.30. The quantitative estimate of drug-likeness (QED) is 0.754. The minimum atomic E-state index is -0.276. The van der Waals surface area contributed by atoms with Gasteiger partial charge in [-0.2, -0.15) is 0 Å². The van der Waals surface area contributed by atoms with Gasteiger partial charge in [0.25, 0.3) is 0 Å². The number of ether oxygens (including phenoxy) is 1. The summed E-state index contributed by atoms with van der Waals surface area (Å²) in [6.45, 7) is 2.85. The van der Waals surface area contributed by atoms with E-state index in [2.05, 4.69) is 0 Å². The molecule has 21 heavy (non-hydrogen) atoms. The van der Waals surface area contributed by atoms with Crippen LogP contribution in [0.2, 0.25) is 0 Å². The zero-order valence-corrected chi connectivity index (χ0v) is 12.6. The number of hydrogen-bond acceptors (Lipinski definition) is 2. The molecule has 0 saturated carbocycles. The molecule has 1 atom stereocenters. The van der Waals surface area contributed by atoms with Crippen molar-refractivity contribution in [3.05, 3.63) is 47.8 Å². The molecule has 1 aliphatic rings. The molecule has 0 radical (unpaired) electrons. The molecular formula is C17H22FNO2. The number of nitrogens with zero attached hydrogens (tertiary/aromatic N) is 1. The minimum Gasteiger partial charge on any atom is -0.383 e. The van der Waals surface area contributed by atoms with Gasteiger partial charge in [-0.05, 0) is 37.5 Å². The third-order valence-electron chi connectivity index (χ3n) is 3.82. The molecule has 1 aromatic carbocycles. The SMILES string of the molecule is COCC(C)N(Cc1cccc(F)c1)C(=O)C1CC=CC1. The zero-order chi connectivity index (χ0) is 15.2. The number of carbonyl (C=O) groups is 1. The van der Waals surface area contributed by atoms with Crippen LogP contribution in [0.25, 0.3) is 0 Å². The highest BCUT2D eigenvalue weighted by Gasteiger charge is 2.28. The number of hydrogen-bond donors (Lipinski definition) is 0. The van der Waals surface area contributed by atoms with E-state index in [1.165, 1.54) is 12.1 Å². The van der Waals surface area contributed by atoms with Gasteiger partial charge in [-0.25, -0.2) is 4.39 Å². The van der Waals surface area contributed by atoms with E-state index in [0.717, 1.165) is 18.4 Å². The summed E-state index contributed by atoms with van der Waals surface area (Å²) in [5.41, 5.74) is 0.803. The lowest BCUT2D eigenvalue weighted by molar-refractivity contribution is -0.139. The van der Waals surface area contributed by atoms with Crippen molar-refractivity contribution in [3.8, 4) is 0 Å². The largest absolute Gasteiger partial charge is 0.383 e. The summed E-state index contributed by atoms with van der Waals surface area (Å²) in [5.74, 6) is -0.145. The molecular weight excluding hydrogens is 269 g/mol. The fourth-order valence-corrected chi connectivity index (χ4v) is 2.67. The monoisotopic (exact) mass is 291 g/mol. The first-order valence-electron chi connectivity index (χ1n) is 7.30. The van der Waals surface area contributed by atoms with E-state index in [1.807, 2.05) is 25.1 Å². The number of carbonyl (C=O) groups excluding carboxylic acids is 1. The topological polar surface area (TPSA) is 29.5 Å². The van der Waals surface area contributed by atoms with Gasteiger partial charge < -0.3 is 9.64 Å². The minimum absolute atomic E-state index is 0.0119. The number of allylic oxidation sites excluding steroid dienone is 2. The van der Waals surface area contributed by atoms with Crippen molar-refractivity contribution in [2.24, 2.45) is 5.92 Å². The Morgan fingerprint density at radius 2 is 2.14 bits per heavy atom. The third-order valence-corrected chi connectivity index (χ3v) is 3.82. The van der Waals surface area contributed by atoms with Crippen LogP contribution in [0.4, 0.5) is 4.39 Å². The number of halogens is 1. The first kappa shape index (κ1) is 15.7. The van der Waals surface area contributed by atoms with Crippen LogP contribution in [-0.4, -0.2) is 30.6 Å². The Hall–Kier alpha value is -1.68. The van der Waals surface area contributed by atoms with Crippen LogP contribution in [0.5, 0.6) is 0 Å². The maximum absolute atomic E-state index is 13.3. The highest BCUT2D eigenvalue weighted by molar-refractivity contribution is 5.80. The molecule has 3 nitrogen and oxygen atoms in total. The lowest BCUT2D eigenvalue weighted by Gasteiger charge is -2.31. The average Bonchev–Trinajstić information content (AvgIpc) is 2.98. The lowest BCUT2D eigenvalue weighted by Crippen LogP contribution is -2.43. The van der Waals surface area contributed by atoms with Crippen LogP contribution in [0.3, 0.4) is 0 Å². The van der Waals surface area contributed by atoms with E-state index in [-0.39, 0.29) is 23.7 Å². The number of methoxy groups -OCH3 is 1. The summed E-state index contributed by atoms with van der Waals surface area (Å²) in [6, 6.07) is 6.37. The predicted octanol–water partition coefficient (Wildman–Crippen LogP) is 3.16. The molecule has 1 aliphatic carbocycles. The van der Waals surface area contributed by atoms with Gasteiger partial charge in [-0.1, -0.05) is 24.3 Å². The molecule has 114 valence electrons. The van der Waals surface area contributed by atoms with E-state index < -0.39 is 0 Å². The van der Waals surface area contributed by atoms with Crippen LogP contribution in [0.1, 0.15) is 25.3 Å². The van der Waals surface area contributed by atoms with E-state index in [4.69, 9.17) is 4.74 Å². The number of rotatable bonds is 6. The second-order valence-corrected chi connectivity index (χ2v) is 5.54. The van der Waals surface area contributed by atoms with Gasteiger partial charge >= 0.3 is 0 Å². The van der Waals surface area contributed by atoms with Gasteiger partial charge in [0.05, 0.1) is 12.6 Å². The molecule has 0 bridgehead atoms. The van der Waals surface area contributed by atoms with E-state index in [0.29, 0.717) is 13.2 Å². The molecule has 1 amide bonds. The Labute approximate surface area is 125 Å². The summed E-state index contributed by atoms with van der Waals surface area (Å²) >= 11 is 0. The fourth-order valence-electron chi connectivity index (χ4n) is 2.67. The highest BCUT2D eigenvalue weighted by Crippen LogP contribution is 2.23. The summed E-state index contributed by atoms with van der Waals surface area (Å²) in [5, 5.41) is 0. The van der Waals surface area contributed by atoms with Gasteiger partial charge in [0, 0.05) is 19.6 Å². The Balaban J connectivity index is 2.13. The number of amides is 1. The predicted molar refractivity (Wildman–Crippen MR) is 80.2 cm³/mol. The van der Waals surface area contributed by atoms with Crippen LogP contribution in [0.15, 0.2) is 36.4 Å². The van der Waals surface area contributed by atoms with Gasteiger partial charge in [0.2, 0.25) is 5.91 Å². The van der Waals surface area contributed by atoms with E-state index in [1.54, 1.807) is 18.1 Å². The van der Waals surface area contributed by atoms with Crippen LogP contribution in [0, 0.1) is 11.7 Å². The molecule has 0 spiro atoms. The van der Waals surface area contributed by atoms with Crippen molar-refractivity contribution in [1.29, 1.82) is 0 Å².